The Kier molecular flexibility index (Phi) is 4.16. The minimum absolute atomic E-state index is 0.451. The van der Waals surface area contributed by atoms with E-state index in [4.69, 9.17) is 5.73 Å². The number of rotatable bonds is 3. The summed E-state index contributed by atoms with van der Waals surface area (Å²) in [6.07, 6.45) is 3.73. The van der Waals surface area contributed by atoms with E-state index in [0.29, 0.717) is 6.04 Å². The topological polar surface area (TPSA) is 32.5 Å². The summed E-state index contributed by atoms with van der Waals surface area (Å²) < 4.78 is 0. The van der Waals surface area contributed by atoms with Crippen molar-refractivity contribution < 1.29 is 0 Å². The van der Waals surface area contributed by atoms with Crippen LogP contribution >= 0.6 is 0 Å². The Bertz CT molecular complexity index is 384. The fourth-order valence-electron chi connectivity index (χ4n) is 3.45. The molecule has 0 radical (unpaired) electrons. The Morgan fingerprint density at radius 2 is 1.74 bits per heavy atom. The van der Waals surface area contributed by atoms with Crippen molar-refractivity contribution in [3.8, 4) is 0 Å². The summed E-state index contributed by atoms with van der Waals surface area (Å²) in [6, 6.07) is 12.0. The van der Waals surface area contributed by atoms with Gasteiger partial charge < -0.3 is 5.73 Å². The molecular formula is C16H25N3. The summed E-state index contributed by atoms with van der Waals surface area (Å²) in [4.78, 5) is 5.23. The summed E-state index contributed by atoms with van der Waals surface area (Å²) >= 11 is 0. The minimum Gasteiger partial charge on any atom is -0.328 e. The van der Waals surface area contributed by atoms with Gasteiger partial charge in [-0.1, -0.05) is 30.3 Å². The van der Waals surface area contributed by atoms with E-state index in [-0.39, 0.29) is 0 Å². The molecule has 0 amide bonds. The van der Waals surface area contributed by atoms with Gasteiger partial charge in [-0.3, -0.25) is 9.80 Å². The molecule has 1 saturated carbocycles. The van der Waals surface area contributed by atoms with Crippen molar-refractivity contribution in [1.29, 1.82) is 0 Å². The van der Waals surface area contributed by atoms with Crippen LogP contribution in [-0.2, 0) is 6.54 Å². The van der Waals surface area contributed by atoms with Gasteiger partial charge in [0.05, 0.1) is 0 Å². The van der Waals surface area contributed by atoms with Crippen LogP contribution in [-0.4, -0.2) is 48.1 Å². The van der Waals surface area contributed by atoms with E-state index in [9.17, 15) is 0 Å². The monoisotopic (exact) mass is 259 g/mol. The Balaban J connectivity index is 1.47. The van der Waals surface area contributed by atoms with Gasteiger partial charge in [0.1, 0.15) is 0 Å². The zero-order valence-corrected chi connectivity index (χ0v) is 11.7. The lowest BCUT2D eigenvalue weighted by Gasteiger charge is -2.38. The van der Waals surface area contributed by atoms with Crippen LogP contribution in [0.3, 0.4) is 0 Å². The van der Waals surface area contributed by atoms with Crippen LogP contribution in [0.25, 0.3) is 0 Å². The molecule has 0 aromatic heterocycles. The van der Waals surface area contributed by atoms with E-state index in [1.807, 2.05) is 0 Å². The Morgan fingerprint density at radius 1 is 1.00 bits per heavy atom. The summed E-state index contributed by atoms with van der Waals surface area (Å²) in [5.41, 5.74) is 7.45. The molecule has 2 atom stereocenters. The Morgan fingerprint density at radius 3 is 2.37 bits per heavy atom. The lowest BCUT2D eigenvalue weighted by atomic mass is 10.1. The number of nitrogens with two attached hydrogens (primary N) is 1. The SMILES string of the molecule is NC1CCC(N2CCN(Cc3ccccc3)CC2)C1. The predicted molar refractivity (Wildman–Crippen MR) is 78.9 cm³/mol. The van der Waals surface area contributed by atoms with Gasteiger partial charge in [0.15, 0.2) is 0 Å². The largest absolute Gasteiger partial charge is 0.328 e. The number of nitrogens with zero attached hydrogens (tertiary/aromatic N) is 2. The third-order valence-corrected chi connectivity index (χ3v) is 4.62. The number of piperazine rings is 1. The van der Waals surface area contributed by atoms with Crippen LogP contribution in [0.4, 0.5) is 0 Å². The maximum atomic E-state index is 6.02. The van der Waals surface area contributed by atoms with Gasteiger partial charge in [-0.2, -0.15) is 0 Å². The summed E-state index contributed by atoms with van der Waals surface area (Å²) in [7, 11) is 0. The van der Waals surface area contributed by atoms with Crippen LogP contribution in [0, 0.1) is 0 Å². The predicted octanol–water partition coefficient (Wildman–Crippen LogP) is 1.68. The van der Waals surface area contributed by atoms with E-state index in [2.05, 4.69) is 40.1 Å². The van der Waals surface area contributed by atoms with Crippen molar-refractivity contribution in [2.24, 2.45) is 5.73 Å². The number of benzene rings is 1. The highest BCUT2D eigenvalue weighted by molar-refractivity contribution is 5.14. The quantitative estimate of drug-likeness (QED) is 0.896. The van der Waals surface area contributed by atoms with Crippen molar-refractivity contribution in [2.75, 3.05) is 26.2 Å². The van der Waals surface area contributed by atoms with Gasteiger partial charge in [-0.15, -0.1) is 0 Å². The molecule has 3 rings (SSSR count). The number of hydrogen-bond acceptors (Lipinski definition) is 3. The zero-order valence-electron chi connectivity index (χ0n) is 11.7. The lowest BCUT2D eigenvalue weighted by Crippen LogP contribution is -2.49. The van der Waals surface area contributed by atoms with Crippen LogP contribution in [0.5, 0.6) is 0 Å². The van der Waals surface area contributed by atoms with Crippen molar-refractivity contribution in [1.82, 2.24) is 9.80 Å². The van der Waals surface area contributed by atoms with Crippen LogP contribution < -0.4 is 5.73 Å². The molecule has 2 N–H and O–H groups in total. The van der Waals surface area contributed by atoms with E-state index >= 15 is 0 Å². The molecule has 19 heavy (non-hydrogen) atoms. The molecule has 1 aliphatic heterocycles. The molecule has 2 unspecified atom stereocenters. The molecule has 1 heterocycles. The van der Waals surface area contributed by atoms with Crippen LogP contribution in [0.2, 0.25) is 0 Å². The third-order valence-electron chi connectivity index (χ3n) is 4.62. The highest BCUT2D eigenvalue weighted by atomic mass is 15.3. The zero-order chi connectivity index (χ0) is 13.1. The molecule has 1 aromatic rings. The molecule has 1 saturated heterocycles. The Labute approximate surface area is 116 Å². The first-order chi connectivity index (χ1) is 9.31. The fraction of sp³-hybridized carbons (Fsp3) is 0.625. The van der Waals surface area contributed by atoms with Gasteiger partial charge >= 0.3 is 0 Å². The van der Waals surface area contributed by atoms with E-state index < -0.39 is 0 Å². The number of hydrogen-bond donors (Lipinski definition) is 1. The molecule has 2 aliphatic rings. The first kappa shape index (κ1) is 13.1. The van der Waals surface area contributed by atoms with E-state index in [1.54, 1.807) is 0 Å². The van der Waals surface area contributed by atoms with Crippen LogP contribution in [0.1, 0.15) is 24.8 Å². The van der Waals surface area contributed by atoms with Crippen molar-refractivity contribution in [3.05, 3.63) is 35.9 Å². The third kappa shape index (κ3) is 3.35. The highest BCUT2D eigenvalue weighted by Gasteiger charge is 2.29. The molecule has 1 aromatic carbocycles. The second-order valence-corrected chi connectivity index (χ2v) is 6.02. The fourth-order valence-corrected chi connectivity index (χ4v) is 3.45. The smallest absolute Gasteiger partial charge is 0.0234 e. The van der Waals surface area contributed by atoms with Crippen molar-refractivity contribution >= 4 is 0 Å². The second-order valence-electron chi connectivity index (χ2n) is 6.02. The Hall–Kier alpha value is -0.900. The molecule has 1 aliphatic carbocycles. The molecular weight excluding hydrogens is 234 g/mol. The van der Waals surface area contributed by atoms with Crippen molar-refractivity contribution in [3.63, 3.8) is 0 Å². The maximum absolute atomic E-state index is 6.02. The average molecular weight is 259 g/mol. The highest BCUT2D eigenvalue weighted by Crippen LogP contribution is 2.24. The first-order valence-corrected chi connectivity index (χ1v) is 7.57. The minimum atomic E-state index is 0.451. The van der Waals surface area contributed by atoms with Gasteiger partial charge in [0, 0.05) is 44.8 Å². The molecule has 104 valence electrons. The molecule has 3 heteroatoms. The first-order valence-electron chi connectivity index (χ1n) is 7.57. The van der Waals surface area contributed by atoms with Gasteiger partial charge in [0.25, 0.3) is 0 Å². The second kappa shape index (κ2) is 6.04. The summed E-state index contributed by atoms with van der Waals surface area (Å²) in [5, 5.41) is 0. The molecule has 2 fully saturated rings. The lowest BCUT2D eigenvalue weighted by molar-refractivity contribution is 0.0932. The summed E-state index contributed by atoms with van der Waals surface area (Å²) in [6.45, 7) is 5.91. The van der Waals surface area contributed by atoms with E-state index in [0.717, 1.165) is 12.6 Å². The summed E-state index contributed by atoms with van der Waals surface area (Å²) in [5.74, 6) is 0. The van der Waals surface area contributed by atoms with Gasteiger partial charge in [-0.25, -0.2) is 0 Å². The van der Waals surface area contributed by atoms with Gasteiger partial charge in [-0.05, 0) is 24.8 Å². The van der Waals surface area contributed by atoms with E-state index in [1.165, 1.54) is 51.0 Å². The average Bonchev–Trinajstić information content (AvgIpc) is 2.87. The standard InChI is InChI=1S/C16H25N3/c17-15-6-7-16(12-15)19-10-8-18(9-11-19)13-14-4-2-1-3-5-14/h1-5,15-16H,6-13,17H2. The molecule has 0 bridgehead atoms. The molecule has 3 nitrogen and oxygen atoms in total. The van der Waals surface area contributed by atoms with Crippen molar-refractivity contribution in [2.45, 2.75) is 37.9 Å². The normalized spacial score (nSPS) is 29.7. The maximum Gasteiger partial charge on any atom is 0.0234 e. The van der Waals surface area contributed by atoms with Gasteiger partial charge in [0.2, 0.25) is 0 Å². The van der Waals surface area contributed by atoms with Crippen LogP contribution in [0.15, 0.2) is 30.3 Å². The molecule has 0 spiro atoms.